The van der Waals surface area contributed by atoms with Crippen molar-refractivity contribution in [2.45, 2.75) is 0 Å². The molecule has 3 aromatic rings. The zero-order valence-corrected chi connectivity index (χ0v) is 13.1. The van der Waals surface area contributed by atoms with E-state index in [1.54, 1.807) is 36.7 Å². The van der Waals surface area contributed by atoms with Crippen LogP contribution in [-0.4, -0.2) is 15.8 Å². The van der Waals surface area contributed by atoms with Crippen molar-refractivity contribution in [1.29, 1.82) is 0 Å². The molecule has 0 aliphatic rings. The summed E-state index contributed by atoms with van der Waals surface area (Å²) in [7, 11) is 0. The van der Waals surface area contributed by atoms with Gasteiger partial charge in [0.15, 0.2) is 5.78 Å². The molecule has 0 unspecified atom stereocenters. The smallest absolute Gasteiger partial charge is 0.196 e. The van der Waals surface area contributed by atoms with Crippen LogP contribution in [0.4, 0.5) is 0 Å². The van der Waals surface area contributed by atoms with Crippen LogP contribution < -0.4 is 0 Å². The van der Waals surface area contributed by atoms with Crippen LogP contribution in [-0.2, 0) is 0 Å². The Hall–Kier alpha value is -1.36. The first-order chi connectivity index (χ1) is 9.59. The molecule has 1 N–H and O–H groups in total. The van der Waals surface area contributed by atoms with E-state index in [4.69, 9.17) is 23.2 Å². The molecule has 3 nitrogen and oxygen atoms in total. The van der Waals surface area contributed by atoms with Gasteiger partial charge in [-0.25, -0.2) is 4.98 Å². The van der Waals surface area contributed by atoms with Crippen LogP contribution in [0.2, 0.25) is 10.0 Å². The Morgan fingerprint density at radius 3 is 2.80 bits per heavy atom. The van der Waals surface area contributed by atoms with Crippen molar-refractivity contribution >= 4 is 55.9 Å². The summed E-state index contributed by atoms with van der Waals surface area (Å²) in [4.78, 5) is 19.7. The van der Waals surface area contributed by atoms with Crippen molar-refractivity contribution in [2.24, 2.45) is 0 Å². The molecular weight excluding hydrogens is 363 g/mol. The lowest BCUT2D eigenvalue weighted by Crippen LogP contribution is -2.01. The number of pyridine rings is 1. The minimum absolute atomic E-state index is 0.197. The Balaban J connectivity index is 2.21. The molecule has 6 heteroatoms. The Bertz CT molecular complexity index is 829. The maximum absolute atomic E-state index is 12.6. The molecule has 1 aromatic carbocycles. The zero-order chi connectivity index (χ0) is 14.3. The van der Waals surface area contributed by atoms with Crippen LogP contribution in [0.3, 0.4) is 0 Å². The van der Waals surface area contributed by atoms with Gasteiger partial charge in [0, 0.05) is 27.8 Å². The molecule has 0 aliphatic heterocycles. The van der Waals surface area contributed by atoms with Crippen LogP contribution in [0.5, 0.6) is 0 Å². The van der Waals surface area contributed by atoms with Gasteiger partial charge in [0.05, 0.1) is 15.6 Å². The van der Waals surface area contributed by atoms with Crippen LogP contribution in [0.25, 0.3) is 11.0 Å². The molecule has 0 spiro atoms. The monoisotopic (exact) mass is 368 g/mol. The second-order valence-corrected chi connectivity index (χ2v) is 5.79. The number of hydrogen-bond donors (Lipinski definition) is 1. The molecule has 3 rings (SSSR count). The van der Waals surface area contributed by atoms with Gasteiger partial charge >= 0.3 is 0 Å². The van der Waals surface area contributed by atoms with E-state index in [1.165, 1.54) is 0 Å². The second-order valence-electron chi connectivity index (χ2n) is 4.15. The highest BCUT2D eigenvalue weighted by molar-refractivity contribution is 9.10. The first-order valence-corrected chi connectivity index (χ1v) is 7.25. The number of rotatable bonds is 2. The van der Waals surface area contributed by atoms with E-state index < -0.39 is 0 Å². The summed E-state index contributed by atoms with van der Waals surface area (Å²) in [6.45, 7) is 0. The molecule has 0 saturated heterocycles. The molecule has 2 heterocycles. The lowest BCUT2D eigenvalue weighted by atomic mass is 10.0. The quantitative estimate of drug-likeness (QED) is 0.655. The van der Waals surface area contributed by atoms with Crippen LogP contribution >= 0.6 is 39.1 Å². The number of nitrogens with zero attached hydrogens (tertiary/aromatic N) is 1. The molecule has 100 valence electrons. The highest BCUT2D eigenvalue weighted by atomic mass is 79.9. The van der Waals surface area contributed by atoms with Gasteiger partial charge in [0.1, 0.15) is 5.65 Å². The van der Waals surface area contributed by atoms with E-state index in [1.807, 2.05) is 0 Å². The van der Waals surface area contributed by atoms with Gasteiger partial charge in [-0.1, -0.05) is 29.3 Å². The van der Waals surface area contributed by atoms with Crippen LogP contribution in [0.1, 0.15) is 15.9 Å². The van der Waals surface area contributed by atoms with Crippen molar-refractivity contribution in [2.75, 3.05) is 0 Å². The summed E-state index contributed by atoms with van der Waals surface area (Å²) >= 11 is 15.6. The third kappa shape index (κ3) is 2.14. The summed E-state index contributed by atoms with van der Waals surface area (Å²) in [5.74, 6) is -0.197. The van der Waals surface area contributed by atoms with Crippen molar-refractivity contribution in [3.05, 3.63) is 62.3 Å². The van der Waals surface area contributed by atoms with Gasteiger partial charge in [0.25, 0.3) is 0 Å². The lowest BCUT2D eigenvalue weighted by Gasteiger charge is -2.04. The number of benzene rings is 1. The Kier molecular flexibility index (Phi) is 3.54. The third-order valence-electron chi connectivity index (χ3n) is 2.96. The van der Waals surface area contributed by atoms with E-state index in [0.717, 1.165) is 0 Å². The van der Waals surface area contributed by atoms with Crippen molar-refractivity contribution < 1.29 is 4.79 Å². The summed E-state index contributed by atoms with van der Waals surface area (Å²) in [5, 5.41) is 1.47. The number of aromatic amines is 1. The number of nitrogens with one attached hydrogen (secondary N) is 1. The fourth-order valence-electron chi connectivity index (χ4n) is 2.02. The lowest BCUT2D eigenvalue weighted by molar-refractivity contribution is 0.104. The topological polar surface area (TPSA) is 45.8 Å². The molecule has 0 radical (unpaired) electrons. The fourth-order valence-corrected chi connectivity index (χ4v) is 2.85. The van der Waals surface area contributed by atoms with E-state index in [2.05, 4.69) is 25.9 Å². The third-order valence-corrected chi connectivity index (χ3v) is 4.57. The molecule has 0 amide bonds. The molecule has 2 aromatic heterocycles. The molecule has 0 fully saturated rings. The molecule has 0 atom stereocenters. The largest absolute Gasteiger partial charge is 0.345 e. The van der Waals surface area contributed by atoms with Crippen molar-refractivity contribution in [1.82, 2.24) is 9.97 Å². The van der Waals surface area contributed by atoms with Crippen LogP contribution in [0.15, 0.2) is 41.1 Å². The summed E-state index contributed by atoms with van der Waals surface area (Å²) in [6.07, 6.45) is 3.19. The Morgan fingerprint density at radius 1 is 1.20 bits per heavy atom. The fraction of sp³-hybridized carbons (Fsp3) is 0. The van der Waals surface area contributed by atoms with Crippen molar-refractivity contribution in [3.8, 4) is 0 Å². The number of hydrogen-bond acceptors (Lipinski definition) is 2. The van der Waals surface area contributed by atoms with E-state index in [9.17, 15) is 4.79 Å². The maximum Gasteiger partial charge on any atom is 0.196 e. The summed E-state index contributed by atoms with van der Waals surface area (Å²) in [5.41, 5.74) is 1.45. The number of H-pyrrole nitrogens is 1. The predicted molar refractivity (Wildman–Crippen MR) is 83.7 cm³/mol. The van der Waals surface area contributed by atoms with Gasteiger partial charge < -0.3 is 4.98 Å². The Labute approximate surface area is 133 Å². The maximum atomic E-state index is 12.6. The van der Waals surface area contributed by atoms with E-state index in [-0.39, 0.29) is 5.78 Å². The number of carbonyl (C=O) groups is 1. The number of halogens is 3. The van der Waals surface area contributed by atoms with E-state index in [0.29, 0.717) is 36.7 Å². The average Bonchev–Trinajstić information content (AvgIpc) is 2.86. The van der Waals surface area contributed by atoms with Crippen molar-refractivity contribution in [3.63, 3.8) is 0 Å². The molecule has 0 saturated carbocycles. The van der Waals surface area contributed by atoms with Gasteiger partial charge in [-0.2, -0.15) is 0 Å². The first-order valence-electron chi connectivity index (χ1n) is 5.70. The number of ketones is 1. The zero-order valence-electron chi connectivity index (χ0n) is 9.95. The SMILES string of the molecule is O=C(c1cccc(Br)c1Cl)c1c[nH]c2nccc(Cl)c12. The minimum Gasteiger partial charge on any atom is -0.345 e. The highest BCUT2D eigenvalue weighted by Crippen LogP contribution is 2.31. The minimum atomic E-state index is -0.197. The highest BCUT2D eigenvalue weighted by Gasteiger charge is 2.19. The molecule has 20 heavy (non-hydrogen) atoms. The number of aromatic nitrogens is 2. The van der Waals surface area contributed by atoms with E-state index >= 15 is 0 Å². The standard InChI is InChI=1S/C14H7BrCl2N2O/c15-9-3-1-2-7(12(9)17)13(20)8-6-19-14-11(8)10(16)4-5-18-14/h1-6H,(H,18,19). The predicted octanol–water partition coefficient (Wildman–Crippen LogP) is 4.86. The summed E-state index contributed by atoms with van der Waals surface area (Å²) < 4.78 is 0.675. The molecule has 0 bridgehead atoms. The first kappa shape index (κ1) is 13.6. The number of carbonyl (C=O) groups excluding carboxylic acids is 1. The average molecular weight is 370 g/mol. The molecule has 0 aliphatic carbocycles. The Morgan fingerprint density at radius 2 is 2.00 bits per heavy atom. The molecular formula is C14H7BrCl2N2O. The second kappa shape index (κ2) is 5.20. The van der Waals surface area contributed by atoms with Gasteiger partial charge in [0.2, 0.25) is 0 Å². The van der Waals surface area contributed by atoms with Gasteiger partial charge in [-0.3, -0.25) is 4.79 Å². The normalized spacial score (nSPS) is 10.9. The summed E-state index contributed by atoms with van der Waals surface area (Å²) in [6, 6.07) is 6.87. The van der Waals surface area contributed by atoms with Crippen LogP contribution in [0, 0.1) is 0 Å². The van der Waals surface area contributed by atoms with Gasteiger partial charge in [-0.15, -0.1) is 0 Å². The van der Waals surface area contributed by atoms with Gasteiger partial charge in [-0.05, 0) is 34.1 Å². The number of fused-ring (bicyclic) bond motifs is 1.